The highest BCUT2D eigenvalue weighted by molar-refractivity contribution is 7.98. The zero-order valence-corrected chi connectivity index (χ0v) is 11.1. The van der Waals surface area contributed by atoms with E-state index >= 15 is 0 Å². The van der Waals surface area contributed by atoms with Crippen molar-refractivity contribution >= 4 is 11.8 Å². The maximum absolute atomic E-state index is 3.51. The average molecular weight is 230 g/mol. The summed E-state index contributed by atoms with van der Waals surface area (Å²) in [6.07, 6.45) is 7.91. The second-order valence-corrected chi connectivity index (χ2v) is 5.30. The Kier molecular flexibility index (Phi) is 7.49. The van der Waals surface area contributed by atoms with Crippen LogP contribution in [0.1, 0.15) is 32.6 Å². The van der Waals surface area contributed by atoms with Crippen molar-refractivity contribution in [3.8, 4) is 0 Å². The molecule has 1 aliphatic carbocycles. The van der Waals surface area contributed by atoms with Gasteiger partial charge in [0.15, 0.2) is 0 Å². The molecule has 0 spiro atoms. The van der Waals surface area contributed by atoms with Gasteiger partial charge in [-0.1, -0.05) is 19.8 Å². The zero-order valence-electron chi connectivity index (χ0n) is 10.3. The molecule has 0 aromatic carbocycles. The van der Waals surface area contributed by atoms with Crippen LogP contribution in [0, 0.1) is 0 Å². The van der Waals surface area contributed by atoms with Gasteiger partial charge < -0.3 is 5.32 Å². The third-order valence-electron chi connectivity index (χ3n) is 3.31. The van der Waals surface area contributed by atoms with Gasteiger partial charge >= 0.3 is 0 Å². The number of hydrogen-bond acceptors (Lipinski definition) is 3. The molecule has 0 aliphatic heterocycles. The van der Waals surface area contributed by atoms with Crippen LogP contribution in [-0.4, -0.2) is 49.1 Å². The van der Waals surface area contributed by atoms with E-state index in [-0.39, 0.29) is 0 Å². The van der Waals surface area contributed by atoms with Gasteiger partial charge in [-0.25, -0.2) is 0 Å². The van der Waals surface area contributed by atoms with Gasteiger partial charge in [-0.2, -0.15) is 11.8 Å². The molecule has 1 saturated carbocycles. The molecule has 3 heteroatoms. The highest BCUT2D eigenvalue weighted by Crippen LogP contribution is 2.22. The SMILES string of the molecule is CCN(CCNCCSC)C1CCCC1. The van der Waals surface area contributed by atoms with E-state index in [1.807, 2.05) is 11.8 Å². The predicted molar refractivity (Wildman–Crippen MR) is 70.8 cm³/mol. The average Bonchev–Trinajstić information content (AvgIpc) is 2.77. The fourth-order valence-electron chi connectivity index (χ4n) is 2.39. The van der Waals surface area contributed by atoms with Gasteiger partial charge in [-0.05, 0) is 25.6 Å². The predicted octanol–water partition coefficient (Wildman–Crippen LogP) is 2.20. The van der Waals surface area contributed by atoms with Crippen molar-refractivity contribution in [2.75, 3.05) is 38.2 Å². The Morgan fingerprint density at radius 3 is 2.60 bits per heavy atom. The minimum absolute atomic E-state index is 0.886. The summed E-state index contributed by atoms with van der Waals surface area (Å²) in [5.41, 5.74) is 0. The van der Waals surface area contributed by atoms with Crippen molar-refractivity contribution < 1.29 is 0 Å². The molecule has 1 fully saturated rings. The van der Waals surface area contributed by atoms with Gasteiger partial charge in [0.25, 0.3) is 0 Å². The first kappa shape index (κ1) is 13.3. The van der Waals surface area contributed by atoms with Crippen LogP contribution >= 0.6 is 11.8 Å². The van der Waals surface area contributed by atoms with Crippen LogP contribution < -0.4 is 5.32 Å². The molecule has 90 valence electrons. The van der Waals surface area contributed by atoms with E-state index in [4.69, 9.17) is 0 Å². The van der Waals surface area contributed by atoms with E-state index in [0.717, 1.165) is 19.1 Å². The maximum Gasteiger partial charge on any atom is 0.0110 e. The molecule has 15 heavy (non-hydrogen) atoms. The van der Waals surface area contributed by atoms with Crippen molar-refractivity contribution in [2.45, 2.75) is 38.6 Å². The standard InChI is InChI=1S/C12H26N2S/c1-3-14(12-6-4-5-7-12)10-8-13-9-11-15-2/h12-13H,3-11H2,1-2H3. The molecular weight excluding hydrogens is 204 g/mol. The molecule has 1 rings (SSSR count). The molecule has 0 unspecified atom stereocenters. The summed E-state index contributed by atoms with van der Waals surface area (Å²) in [4.78, 5) is 2.65. The Morgan fingerprint density at radius 2 is 2.00 bits per heavy atom. The molecule has 1 N–H and O–H groups in total. The third-order valence-corrected chi connectivity index (χ3v) is 3.92. The van der Waals surface area contributed by atoms with Crippen LogP contribution in [-0.2, 0) is 0 Å². The first-order valence-corrected chi connectivity index (χ1v) is 7.71. The van der Waals surface area contributed by atoms with E-state index in [1.165, 1.54) is 44.5 Å². The highest BCUT2D eigenvalue weighted by Gasteiger charge is 2.20. The molecule has 2 nitrogen and oxygen atoms in total. The topological polar surface area (TPSA) is 15.3 Å². The highest BCUT2D eigenvalue weighted by atomic mass is 32.2. The molecular formula is C12H26N2S. The second-order valence-electron chi connectivity index (χ2n) is 4.31. The Balaban J connectivity index is 2.05. The molecule has 0 aromatic heterocycles. The summed E-state index contributed by atoms with van der Waals surface area (Å²) in [6.45, 7) is 7.05. The van der Waals surface area contributed by atoms with Gasteiger partial charge in [-0.15, -0.1) is 0 Å². The quantitative estimate of drug-likeness (QED) is 0.644. The Bertz CT molecular complexity index is 147. The van der Waals surface area contributed by atoms with E-state index < -0.39 is 0 Å². The van der Waals surface area contributed by atoms with Crippen LogP contribution in [0.25, 0.3) is 0 Å². The van der Waals surface area contributed by atoms with E-state index in [9.17, 15) is 0 Å². The Labute approximate surface area is 99.2 Å². The van der Waals surface area contributed by atoms with E-state index in [1.54, 1.807) is 0 Å². The largest absolute Gasteiger partial charge is 0.315 e. The molecule has 0 saturated heterocycles. The van der Waals surface area contributed by atoms with Gasteiger partial charge in [0.1, 0.15) is 0 Å². The molecule has 0 heterocycles. The van der Waals surface area contributed by atoms with Gasteiger partial charge in [0.05, 0.1) is 0 Å². The van der Waals surface area contributed by atoms with Crippen LogP contribution in [0.15, 0.2) is 0 Å². The maximum atomic E-state index is 3.51. The van der Waals surface area contributed by atoms with E-state index in [2.05, 4.69) is 23.4 Å². The fraction of sp³-hybridized carbons (Fsp3) is 1.00. The Hall–Kier alpha value is 0.270. The van der Waals surface area contributed by atoms with Crippen molar-refractivity contribution in [1.29, 1.82) is 0 Å². The van der Waals surface area contributed by atoms with Crippen LogP contribution in [0.3, 0.4) is 0 Å². The van der Waals surface area contributed by atoms with Crippen LogP contribution in [0.2, 0.25) is 0 Å². The monoisotopic (exact) mass is 230 g/mol. The fourth-order valence-corrected chi connectivity index (χ4v) is 2.74. The molecule has 1 aliphatic rings. The minimum Gasteiger partial charge on any atom is -0.315 e. The lowest BCUT2D eigenvalue weighted by Crippen LogP contribution is -2.38. The smallest absolute Gasteiger partial charge is 0.0110 e. The summed E-state index contributed by atoms with van der Waals surface area (Å²) in [5.74, 6) is 1.23. The molecule has 0 amide bonds. The van der Waals surface area contributed by atoms with Crippen molar-refractivity contribution in [3.63, 3.8) is 0 Å². The van der Waals surface area contributed by atoms with Crippen molar-refractivity contribution in [3.05, 3.63) is 0 Å². The first-order valence-electron chi connectivity index (χ1n) is 6.32. The van der Waals surface area contributed by atoms with Gasteiger partial charge in [0, 0.05) is 31.4 Å². The van der Waals surface area contributed by atoms with Crippen LogP contribution in [0.4, 0.5) is 0 Å². The minimum atomic E-state index is 0.886. The summed E-state index contributed by atoms with van der Waals surface area (Å²) in [7, 11) is 0. The number of thioether (sulfide) groups is 1. The summed E-state index contributed by atoms with van der Waals surface area (Å²) in [5, 5.41) is 3.51. The molecule has 0 aromatic rings. The summed E-state index contributed by atoms with van der Waals surface area (Å²) < 4.78 is 0. The van der Waals surface area contributed by atoms with Crippen LogP contribution in [0.5, 0.6) is 0 Å². The lowest BCUT2D eigenvalue weighted by atomic mass is 10.2. The lowest BCUT2D eigenvalue weighted by molar-refractivity contribution is 0.210. The Morgan fingerprint density at radius 1 is 1.27 bits per heavy atom. The number of rotatable bonds is 8. The number of nitrogens with zero attached hydrogens (tertiary/aromatic N) is 1. The zero-order chi connectivity index (χ0) is 10.9. The molecule has 0 bridgehead atoms. The van der Waals surface area contributed by atoms with Gasteiger partial charge in [0.2, 0.25) is 0 Å². The molecule has 0 radical (unpaired) electrons. The number of nitrogens with one attached hydrogen (secondary N) is 1. The molecule has 0 atom stereocenters. The van der Waals surface area contributed by atoms with Crippen molar-refractivity contribution in [2.24, 2.45) is 0 Å². The summed E-state index contributed by atoms with van der Waals surface area (Å²) in [6, 6.07) is 0.886. The van der Waals surface area contributed by atoms with Gasteiger partial charge in [-0.3, -0.25) is 4.90 Å². The number of hydrogen-bond donors (Lipinski definition) is 1. The lowest BCUT2D eigenvalue weighted by Gasteiger charge is -2.27. The normalized spacial score (nSPS) is 17.8. The summed E-state index contributed by atoms with van der Waals surface area (Å²) >= 11 is 1.92. The first-order chi connectivity index (χ1) is 7.38. The van der Waals surface area contributed by atoms with E-state index in [0.29, 0.717) is 0 Å². The second kappa shape index (κ2) is 8.43. The van der Waals surface area contributed by atoms with Crippen molar-refractivity contribution in [1.82, 2.24) is 10.2 Å². The third kappa shape index (κ3) is 5.23. The number of likely N-dealkylation sites (N-methyl/N-ethyl adjacent to an activating group) is 1.